The van der Waals surface area contributed by atoms with Crippen molar-refractivity contribution in [3.05, 3.63) is 0 Å². The molecule has 0 rings (SSSR count). The molecule has 0 aliphatic carbocycles. The van der Waals surface area contributed by atoms with Crippen molar-refractivity contribution in [2.24, 2.45) is 0 Å². The fourth-order valence-corrected chi connectivity index (χ4v) is 0. The van der Waals surface area contributed by atoms with Crippen LogP contribution in [0.1, 0.15) is 0 Å². The number of hydrogen-bond donors (Lipinski definition) is 0. The van der Waals surface area contributed by atoms with E-state index in [0.29, 0.717) is 0 Å². The molecule has 0 aromatic carbocycles. The first kappa shape index (κ1) is 16.7. The first-order chi connectivity index (χ1) is 3.46. The van der Waals surface area contributed by atoms with Crippen molar-refractivity contribution in [1.82, 2.24) is 0 Å². The zero-order valence-electron chi connectivity index (χ0n) is 7.65. The topological polar surface area (TPSA) is 0 Å². The summed E-state index contributed by atoms with van der Waals surface area (Å²) in [5.74, 6) is 0. The standard InChI is InChI=1S/2C3H10Si.H2Te/c2*1-4(2)3;/h2*4H,1-3H3;1H2. The summed E-state index contributed by atoms with van der Waals surface area (Å²) in [6.45, 7) is 13.8. The van der Waals surface area contributed by atoms with E-state index in [1.54, 1.807) is 0 Å². The van der Waals surface area contributed by atoms with Crippen molar-refractivity contribution in [2.75, 3.05) is 0 Å². The Balaban J connectivity index is -0.0000000720. The molecule has 0 atom stereocenters. The zero-order valence-corrected chi connectivity index (χ0v) is 12.8. The molecular formula is C6H22Si2Te. The SMILES string of the molecule is C[SiH](C)C.C[SiH](C)C.[TeH2]. The van der Waals surface area contributed by atoms with Gasteiger partial charge >= 0.3 is 23.7 Å². The Kier molecular flexibility index (Phi) is 22.1. The van der Waals surface area contributed by atoms with Crippen molar-refractivity contribution in [3.63, 3.8) is 0 Å². The van der Waals surface area contributed by atoms with E-state index >= 15 is 0 Å². The summed E-state index contributed by atoms with van der Waals surface area (Å²) >= 11 is 0. The summed E-state index contributed by atoms with van der Waals surface area (Å²) in [5, 5.41) is 0. The normalized spacial score (nSPS) is 8.00. The van der Waals surface area contributed by atoms with E-state index in [4.69, 9.17) is 0 Å². The fourth-order valence-electron chi connectivity index (χ4n) is 0. The monoisotopic (exact) mass is 280 g/mol. The van der Waals surface area contributed by atoms with Crippen molar-refractivity contribution in [2.45, 2.75) is 39.3 Å². The molecule has 0 nitrogen and oxygen atoms in total. The maximum absolute atomic E-state index is 2.31. The molecule has 0 aromatic heterocycles. The summed E-state index contributed by atoms with van der Waals surface area (Å²) in [6, 6.07) is 0. The van der Waals surface area contributed by atoms with Crippen LogP contribution in [0.2, 0.25) is 39.3 Å². The molecular weight excluding hydrogens is 256 g/mol. The Morgan fingerprint density at radius 1 is 0.556 bits per heavy atom. The van der Waals surface area contributed by atoms with E-state index in [1.807, 2.05) is 0 Å². The summed E-state index contributed by atoms with van der Waals surface area (Å²) in [7, 11) is -0.278. The van der Waals surface area contributed by atoms with Crippen LogP contribution < -0.4 is 0 Å². The molecule has 3 heteroatoms. The second-order valence-electron chi connectivity index (χ2n) is 3.46. The van der Waals surface area contributed by atoms with Gasteiger partial charge in [-0.25, -0.2) is 0 Å². The van der Waals surface area contributed by atoms with Crippen LogP contribution in [0, 0.1) is 0 Å². The molecule has 0 bridgehead atoms. The molecule has 0 N–H and O–H groups in total. The molecule has 0 fully saturated rings. The Labute approximate surface area is 80.4 Å². The van der Waals surface area contributed by atoms with Gasteiger partial charge in [0.15, 0.2) is 0 Å². The number of hydrogen-bond acceptors (Lipinski definition) is 0. The van der Waals surface area contributed by atoms with Gasteiger partial charge in [-0.05, 0) is 0 Å². The maximum atomic E-state index is 2.31. The molecule has 60 valence electrons. The third-order valence-electron chi connectivity index (χ3n) is 0. The predicted octanol–water partition coefficient (Wildman–Crippen LogP) is 1.29. The van der Waals surface area contributed by atoms with E-state index in [1.165, 1.54) is 0 Å². The molecule has 0 aliphatic rings. The summed E-state index contributed by atoms with van der Waals surface area (Å²) in [4.78, 5) is 0. The van der Waals surface area contributed by atoms with Crippen LogP contribution in [-0.2, 0) is 0 Å². The van der Waals surface area contributed by atoms with Crippen LogP contribution in [0.15, 0.2) is 0 Å². The first-order valence-corrected chi connectivity index (χ1v) is 10.4. The van der Waals surface area contributed by atoms with Crippen LogP contribution in [0.5, 0.6) is 0 Å². The molecule has 0 heterocycles. The Morgan fingerprint density at radius 3 is 0.556 bits per heavy atom. The molecule has 0 saturated heterocycles. The molecule has 0 unspecified atom stereocenters. The first-order valence-electron chi connectivity index (χ1n) is 3.46. The molecule has 0 aliphatic heterocycles. The zero-order chi connectivity index (χ0) is 7.15. The fraction of sp³-hybridized carbons (Fsp3) is 1.00. The Morgan fingerprint density at radius 2 is 0.556 bits per heavy atom. The average molecular weight is 278 g/mol. The van der Waals surface area contributed by atoms with E-state index in [2.05, 4.69) is 39.3 Å². The molecule has 0 saturated carbocycles. The van der Waals surface area contributed by atoms with Gasteiger partial charge in [0.05, 0.1) is 0 Å². The van der Waals surface area contributed by atoms with Crippen molar-refractivity contribution in [1.29, 1.82) is 0 Å². The van der Waals surface area contributed by atoms with Gasteiger partial charge < -0.3 is 0 Å². The van der Waals surface area contributed by atoms with Gasteiger partial charge in [0.2, 0.25) is 0 Å². The van der Waals surface area contributed by atoms with E-state index in [-0.39, 0.29) is 41.3 Å². The van der Waals surface area contributed by atoms with Crippen LogP contribution in [0.25, 0.3) is 0 Å². The second kappa shape index (κ2) is 12.0. The van der Waals surface area contributed by atoms with Crippen molar-refractivity contribution >= 4 is 41.3 Å². The van der Waals surface area contributed by atoms with E-state index < -0.39 is 0 Å². The van der Waals surface area contributed by atoms with Gasteiger partial charge in [0, 0.05) is 17.6 Å². The average Bonchev–Trinajstić information content (AvgIpc) is 1.25. The second-order valence-corrected chi connectivity index (χ2v) is 10.4. The minimum absolute atomic E-state index is 0. The van der Waals surface area contributed by atoms with Gasteiger partial charge in [-0.1, -0.05) is 39.3 Å². The van der Waals surface area contributed by atoms with E-state index in [9.17, 15) is 0 Å². The third-order valence-corrected chi connectivity index (χ3v) is 0. The van der Waals surface area contributed by atoms with Gasteiger partial charge in [-0.15, -0.1) is 0 Å². The Hall–Kier alpha value is 1.22. The van der Waals surface area contributed by atoms with Crippen LogP contribution in [-0.4, -0.2) is 41.3 Å². The summed E-state index contributed by atoms with van der Waals surface area (Å²) < 4.78 is 0. The van der Waals surface area contributed by atoms with Gasteiger partial charge in [0.25, 0.3) is 0 Å². The molecule has 0 spiro atoms. The molecule has 0 amide bonds. The molecule has 0 aromatic rings. The van der Waals surface area contributed by atoms with Crippen molar-refractivity contribution in [3.8, 4) is 0 Å². The molecule has 0 radical (unpaired) electrons. The number of rotatable bonds is 0. The molecule has 9 heavy (non-hydrogen) atoms. The summed E-state index contributed by atoms with van der Waals surface area (Å²) in [6.07, 6.45) is 0. The van der Waals surface area contributed by atoms with E-state index in [0.717, 1.165) is 0 Å². The van der Waals surface area contributed by atoms with Crippen LogP contribution in [0.3, 0.4) is 0 Å². The van der Waals surface area contributed by atoms with Gasteiger partial charge in [-0.2, -0.15) is 0 Å². The predicted molar refractivity (Wildman–Crippen MR) is 58.0 cm³/mol. The summed E-state index contributed by atoms with van der Waals surface area (Å²) in [5.41, 5.74) is 0. The Bertz CT molecular complexity index is 26.5. The van der Waals surface area contributed by atoms with Crippen molar-refractivity contribution < 1.29 is 0 Å². The van der Waals surface area contributed by atoms with Crippen LogP contribution in [0.4, 0.5) is 0 Å². The van der Waals surface area contributed by atoms with Crippen LogP contribution >= 0.6 is 0 Å². The minimum atomic E-state index is -0.139. The van der Waals surface area contributed by atoms with Gasteiger partial charge in [0.1, 0.15) is 0 Å². The quantitative estimate of drug-likeness (QED) is 0.586. The van der Waals surface area contributed by atoms with Gasteiger partial charge in [-0.3, -0.25) is 0 Å². The third kappa shape index (κ3) is 322.